The van der Waals surface area contributed by atoms with Gasteiger partial charge in [-0.1, -0.05) is 0 Å². The minimum atomic E-state index is -1.72. The third-order valence-electron chi connectivity index (χ3n) is 3.90. The molecule has 5 amide bonds. The predicted octanol–water partition coefficient (Wildman–Crippen LogP) is -5.63. The number of carbonyl (C=O) groups excluding carboxylic acids is 5. The Morgan fingerprint density at radius 1 is 0.742 bits per heavy atom. The summed E-state index contributed by atoms with van der Waals surface area (Å²) in [6, 6.07) is -6.50. The molecule has 0 fully saturated rings. The van der Waals surface area contributed by atoms with Gasteiger partial charge in [-0.15, -0.1) is 0 Å². The highest BCUT2D eigenvalue weighted by molar-refractivity contribution is 5.96. The summed E-state index contributed by atoms with van der Waals surface area (Å²) in [4.78, 5) is 69.8. The average molecular weight is 448 g/mol. The van der Waals surface area contributed by atoms with E-state index in [-0.39, 0.29) is 0 Å². The molecule has 0 rings (SSSR count). The molecule has 12 N–H and O–H groups in total. The number of hydrogen-bond donors (Lipinski definition) is 9. The van der Waals surface area contributed by atoms with Crippen molar-refractivity contribution in [3.05, 3.63) is 0 Å². The van der Waals surface area contributed by atoms with Crippen molar-refractivity contribution in [2.45, 2.75) is 63.1 Å². The lowest BCUT2D eigenvalue weighted by molar-refractivity contribution is -0.144. The monoisotopic (exact) mass is 448 g/mol. The first kappa shape index (κ1) is 27.7. The number of aliphatic hydroxyl groups is 2. The summed E-state index contributed by atoms with van der Waals surface area (Å²) in [6.07, 6.45) is -4.32. The molecular formula is C16H28N6O9. The molecule has 176 valence electrons. The topological polar surface area (TPSA) is 277 Å². The van der Waals surface area contributed by atoms with Crippen molar-refractivity contribution in [3.63, 3.8) is 0 Å². The molecule has 0 aromatic rings. The summed E-state index contributed by atoms with van der Waals surface area (Å²) in [5.74, 6) is -6.77. The summed E-state index contributed by atoms with van der Waals surface area (Å²) in [5, 5.41) is 34.8. The van der Waals surface area contributed by atoms with Crippen LogP contribution in [0.1, 0.15) is 26.7 Å². The maximum Gasteiger partial charge on any atom is 0.326 e. The standard InChI is InChI=1S/C16H28N6O9/c1-5(23)11(14(28)20-8(16(30)31)4-10(19)26)22-15(29)12(6(2)24)21-13(27)7(17)3-9(18)25/h5-8,11-12,23-24H,3-4,17H2,1-2H3,(H2,18,25)(H2,19,26)(H,20,28)(H,21,27)(H,22,29)(H,30,31). The molecule has 6 unspecified atom stereocenters. The molecule has 31 heavy (non-hydrogen) atoms. The Hall–Kier alpha value is -3.30. The largest absolute Gasteiger partial charge is 0.480 e. The van der Waals surface area contributed by atoms with Gasteiger partial charge in [-0.2, -0.15) is 0 Å². The highest BCUT2D eigenvalue weighted by Gasteiger charge is 2.34. The maximum absolute atomic E-state index is 12.5. The van der Waals surface area contributed by atoms with Crippen molar-refractivity contribution in [1.82, 2.24) is 16.0 Å². The number of rotatable bonds is 13. The SMILES string of the molecule is CC(O)C(NC(=O)C(N)CC(N)=O)C(=O)NC(C(=O)NC(CC(N)=O)C(=O)O)C(C)O. The smallest absolute Gasteiger partial charge is 0.326 e. The van der Waals surface area contributed by atoms with Crippen LogP contribution in [0.2, 0.25) is 0 Å². The van der Waals surface area contributed by atoms with Crippen LogP contribution in [0.4, 0.5) is 0 Å². The molecule has 0 aliphatic carbocycles. The van der Waals surface area contributed by atoms with E-state index in [1.807, 2.05) is 5.32 Å². The van der Waals surface area contributed by atoms with Gasteiger partial charge < -0.3 is 48.5 Å². The van der Waals surface area contributed by atoms with Gasteiger partial charge in [0.05, 0.1) is 31.1 Å². The second-order valence-corrected chi connectivity index (χ2v) is 6.80. The minimum absolute atomic E-state index is 0.533. The van der Waals surface area contributed by atoms with Gasteiger partial charge in [0.1, 0.15) is 18.1 Å². The zero-order chi connectivity index (χ0) is 24.5. The molecule has 0 aliphatic rings. The van der Waals surface area contributed by atoms with Gasteiger partial charge in [0.2, 0.25) is 29.5 Å². The first-order valence-electron chi connectivity index (χ1n) is 8.99. The number of carbonyl (C=O) groups is 6. The van der Waals surface area contributed by atoms with Crippen LogP contribution in [0.15, 0.2) is 0 Å². The van der Waals surface area contributed by atoms with Crippen LogP contribution < -0.4 is 33.2 Å². The van der Waals surface area contributed by atoms with Crippen molar-refractivity contribution in [2.75, 3.05) is 0 Å². The van der Waals surface area contributed by atoms with Crippen LogP contribution in [0.5, 0.6) is 0 Å². The molecule has 0 heterocycles. The highest BCUT2D eigenvalue weighted by Crippen LogP contribution is 2.02. The molecule has 15 nitrogen and oxygen atoms in total. The fraction of sp³-hybridized carbons (Fsp3) is 0.625. The molecule has 0 aromatic heterocycles. The number of primary amides is 2. The summed E-state index contributed by atoms with van der Waals surface area (Å²) >= 11 is 0. The number of hydrogen-bond acceptors (Lipinski definition) is 9. The Kier molecular flexibility index (Phi) is 11.1. The third-order valence-corrected chi connectivity index (χ3v) is 3.90. The molecule has 0 aromatic carbocycles. The number of amides is 5. The molecule has 0 radical (unpaired) electrons. The Morgan fingerprint density at radius 2 is 1.13 bits per heavy atom. The van der Waals surface area contributed by atoms with Crippen molar-refractivity contribution >= 4 is 35.5 Å². The third kappa shape index (κ3) is 9.83. The van der Waals surface area contributed by atoms with E-state index in [0.29, 0.717) is 0 Å². The van der Waals surface area contributed by atoms with E-state index < -0.39 is 84.7 Å². The maximum atomic E-state index is 12.5. The van der Waals surface area contributed by atoms with Crippen LogP contribution >= 0.6 is 0 Å². The number of carboxylic acid groups (broad SMARTS) is 1. The molecule has 0 saturated heterocycles. The van der Waals surface area contributed by atoms with Crippen molar-refractivity contribution in [1.29, 1.82) is 0 Å². The zero-order valence-electron chi connectivity index (χ0n) is 16.9. The zero-order valence-corrected chi connectivity index (χ0v) is 16.9. The average Bonchev–Trinajstić information content (AvgIpc) is 2.61. The van der Waals surface area contributed by atoms with E-state index in [9.17, 15) is 39.0 Å². The van der Waals surface area contributed by atoms with Gasteiger partial charge >= 0.3 is 5.97 Å². The van der Waals surface area contributed by atoms with Crippen LogP contribution in [-0.2, 0) is 28.8 Å². The Balaban J connectivity index is 5.38. The fourth-order valence-corrected chi connectivity index (χ4v) is 2.29. The number of nitrogens with two attached hydrogens (primary N) is 3. The van der Waals surface area contributed by atoms with Crippen LogP contribution in [0.3, 0.4) is 0 Å². The summed E-state index contributed by atoms with van der Waals surface area (Å²) in [5.41, 5.74) is 15.3. The highest BCUT2D eigenvalue weighted by atomic mass is 16.4. The lowest BCUT2D eigenvalue weighted by atomic mass is 10.1. The van der Waals surface area contributed by atoms with Crippen molar-refractivity contribution < 1.29 is 44.1 Å². The number of aliphatic carboxylic acids is 1. The van der Waals surface area contributed by atoms with E-state index in [0.717, 1.165) is 13.8 Å². The minimum Gasteiger partial charge on any atom is -0.480 e. The molecule has 0 aliphatic heterocycles. The van der Waals surface area contributed by atoms with E-state index in [4.69, 9.17) is 22.3 Å². The molecule has 6 atom stereocenters. The Bertz CT molecular complexity index is 712. The van der Waals surface area contributed by atoms with Crippen LogP contribution in [0.25, 0.3) is 0 Å². The quantitative estimate of drug-likeness (QED) is 0.129. The van der Waals surface area contributed by atoms with Crippen molar-refractivity contribution in [2.24, 2.45) is 17.2 Å². The van der Waals surface area contributed by atoms with E-state index in [1.54, 1.807) is 0 Å². The summed E-state index contributed by atoms with van der Waals surface area (Å²) < 4.78 is 0. The van der Waals surface area contributed by atoms with Gasteiger partial charge in [-0.3, -0.25) is 24.0 Å². The Labute approximate surface area is 176 Å². The first-order valence-corrected chi connectivity index (χ1v) is 8.99. The molecule has 0 spiro atoms. The number of nitrogens with one attached hydrogen (secondary N) is 3. The lowest BCUT2D eigenvalue weighted by Gasteiger charge is -2.27. The number of carboxylic acids is 1. The molecule has 15 heteroatoms. The van der Waals surface area contributed by atoms with Crippen LogP contribution in [-0.4, -0.2) is 87.2 Å². The van der Waals surface area contributed by atoms with Gasteiger partial charge in [-0.05, 0) is 13.8 Å². The predicted molar refractivity (Wildman–Crippen MR) is 102 cm³/mol. The second-order valence-electron chi connectivity index (χ2n) is 6.80. The van der Waals surface area contributed by atoms with E-state index >= 15 is 0 Å². The Morgan fingerprint density at radius 3 is 1.48 bits per heavy atom. The van der Waals surface area contributed by atoms with Gasteiger partial charge in [0, 0.05) is 0 Å². The van der Waals surface area contributed by atoms with Gasteiger partial charge in [0.15, 0.2) is 0 Å². The summed E-state index contributed by atoms with van der Waals surface area (Å²) in [6.45, 7) is 2.24. The normalized spacial score (nSPS) is 16.5. The van der Waals surface area contributed by atoms with Gasteiger partial charge in [-0.25, -0.2) is 4.79 Å². The van der Waals surface area contributed by atoms with E-state index in [1.165, 1.54) is 0 Å². The van der Waals surface area contributed by atoms with Crippen molar-refractivity contribution in [3.8, 4) is 0 Å². The fourth-order valence-electron chi connectivity index (χ4n) is 2.29. The number of aliphatic hydroxyl groups excluding tert-OH is 2. The van der Waals surface area contributed by atoms with Gasteiger partial charge in [0.25, 0.3) is 0 Å². The molecule has 0 saturated carbocycles. The van der Waals surface area contributed by atoms with E-state index in [2.05, 4.69) is 10.6 Å². The lowest BCUT2D eigenvalue weighted by Crippen LogP contribution is -2.62. The first-order chi connectivity index (χ1) is 14.2. The second kappa shape index (κ2) is 12.4. The summed E-state index contributed by atoms with van der Waals surface area (Å²) in [7, 11) is 0. The molecule has 0 bridgehead atoms. The molecular weight excluding hydrogens is 420 g/mol. The van der Waals surface area contributed by atoms with Crippen LogP contribution in [0, 0.1) is 0 Å².